The Morgan fingerprint density at radius 1 is 1.04 bits per heavy atom. The largest absolute Gasteiger partial charge is 0.337 e. The van der Waals surface area contributed by atoms with Crippen molar-refractivity contribution in [2.75, 3.05) is 24.5 Å². The number of carbonyl (C=O) groups excluding carboxylic acids is 2. The smallest absolute Gasteiger partial charge is 0.253 e. The van der Waals surface area contributed by atoms with Gasteiger partial charge in [0.2, 0.25) is 5.91 Å². The Morgan fingerprint density at radius 2 is 1.79 bits per heavy atom. The second-order valence-electron chi connectivity index (χ2n) is 6.87. The highest BCUT2D eigenvalue weighted by molar-refractivity contribution is 5.97. The molecule has 2 amide bonds. The molecule has 130 valence electrons. The molecule has 3 aliphatic heterocycles. The van der Waals surface area contributed by atoms with Gasteiger partial charge in [0.1, 0.15) is 0 Å². The number of likely N-dealkylation sites (tertiary alicyclic amines) is 1. The van der Waals surface area contributed by atoms with Crippen molar-refractivity contribution in [1.29, 1.82) is 0 Å². The fourth-order valence-corrected chi connectivity index (χ4v) is 4.02. The molecule has 3 heterocycles. The van der Waals surface area contributed by atoms with Crippen LogP contribution in [0.2, 0.25) is 0 Å². The molecule has 2 atom stereocenters. The Bertz CT molecular complexity index is 619. The summed E-state index contributed by atoms with van der Waals surface area (Å²) in [5.41, 5.74) is 1.62. The molecule has 1 N–H and O–H groups in total. The van der Waals surface area contributed by atoms with E-state index in [1.165, 1.54) is 12.8 Å². The second-order valence-corrected chi connectivity index (χ2v) is 6.87. The summed E-state index contributed by atoms with van der Waals surface area (Å²) in [5.74, 6) is 0.289. The summed E-state index contributed by atoms with van der Waals surface area (Å²) in [4.78, 5) is 28.3. The van der Waals surface area contributed by atoms with Gasteiger partial charge in [0.05, 0.1) is 0 Å². The lowest BCUT2D eigenvalue weighted by molar-refractivity contribution is -0.117. The summed E-state index contributed by atoms with van der Waals surface area (Å²) in [7, 11) is 0. The summed E-state index contributed by atoms with van der Waals surface area (Å²) in [6.07, 6.45) is 5.01. The van der Waals surface area contributed by atoms with Gasteiger partial charge in [-0.15, -0.1) is 12.4 Å². The lowest BCUT2D eigenvalue weighted by atomic mass is 10.1. The number of fused-ring (bicyclic) bond motifs is 2. The van der Waals surface area contributed by atoms with Gasteiger partial charge in [-0.25, -0.2) is 0 Å². The highest BCUT2D eigenvalue weighted by Crippen LogP contribution is 2.24. The highest BCUT2D eigenvalue weighted by Gasteiger charge is 2.31. The molecule has 3 aliphatic rings. The molecule has 2 unspecified atom stereocenters. The SMILES string of the molecule is Cl.O=C(c1ccc(N2CCCC2=O)cc1)N1CCC2CCC(C1)N2. The monoisotopic (exact) mass is 349 g/mol. The number of nitrogens with one attached hydrogen (secondary N) is 1. The molecule has 0 aliphatic carbocycles. The molecule has 1 aromatic carbocycles. The molecule has 2 bridgehead atoms. The number of hydrogen-bond donors (Lipinski definition) is 1. The second kappa shape index (κ2) is 7.11. The van der Waals surface area contributed by atoms with Crippen LogP contribution in [0.3, 0.4) is 0 Å². The Kier molecular flexibility index (Phi) is 5.11. The van der Waals surface area contributed by atoms with Crippen molar-refractivity contribution in [3.63, 3.8) is 0 Å². The number of nitrogens with zero attached hydrogens (tertiary/aromatic N) is 2. The molecular weight excluding hydrogens is 326 g/mol. The van der Waals surface area contributed by atoms with Gasteiger partial charge >= 0.3 is 0 Å². The number of carbonyl (C=O) groups is 2. The van der Waals surface area contributed by atoms with E-state index in [1.807, 2.05) is 34.1 Å². The molecule has 24 heavy (non-hydrogen) atoms. The van der Waals surface area contributed by atoms with Gasteiger partial charge in [0.15, 0.2) is 0 Å². The highest BCUT2D eigenvalue weighted by atomic mass is 35.5. The van der Waals surface area contributed by atoms with Crippen LogP contribution in [0, 0.1) is 0 Å². The van der Waals surface area contributed by atoms with E-state index in [0.29, 0.717) is 18.5 Å². The van der Waals surface area contributed by atoms with Gasteiger partial charge in [-0.2, -0.15) is 0 Å². The predicted octanol–water partition coefficient (Wildman–Crippen LogP) is 2.20. The van der Waals surface area contributed by atoms with E-state index in [9.17, 15) is 9.59 Å². The quantitative estimate of drug-likeness (QED) is 0.890. The zero-order valence-electron chi connectivity index (χ0n) is 13.7. The van der Waals surface area contributed by atoms with Crippen LogP contribution in [0.15, 0.2) is 24.3 Å². The van der Waals surface area contributed by atoms with Crippen LogP contribution in [-0.4, -0.2) is 48.4 Å². The molecule has 4 rings (SSSR count). The van der Waals surface area contributed by atoms with Gasteiger partial charge in [-0.1, -0.05) is 0 Å². The number of hydrogen-bond acceptors (Lipinski definition) is 3. The predicted molar refractivity (Wildman–Crippen MR) is 95.7 cm³/mol. The topological polar surface area (TPSA) is 52.7 Å². The first-order valence-electron chi connectivity index (χ1n) is 8.66. The van der Waals surface area contributed by atoms with Crippen LogP contribution in [-0.2, 0) is 4.79 Å². The zero-order chi connectivity index (χ0) is 15.8. The maximum absolute atomic E-state index is 12.7. The fourth-order valence-electron chi connectivity index (χ4n) is 4.02. The van der Waals surface area contributed by atoms with Gasteiger partial charge in [0, 0.05) is 49.4 Å². The van der Waals surface area contributed by atoms with E-state index < -0.39 is 0 Å². The number of amides is 2. The van der Waals surface area contributed by atoms with Crippen LogP contribution >= 0.6 is 12.4 Å². The fraction of sp³-hybridized carbons (Fsp3) is 0.556. The van der Waals surface area contributed by atoms with Crippen molar-refractivity contribution in [3.05, 3.63) is 29.8 Å². The number of benzene rings is 1. The number of anilines is 1. The number of rotatable bonds is 2. The third-order valence-electron chi connectivity index (χ3n) is 5.31. The lowest BCUT2D eigenvalue weighted by Gasteiger charge is -2.24. The standard InChI is InChI=1S/C18H23N3O2.ClH/c22-17-2-1-10-21(17)16-7-3-13(4-8-16)18(23)20-11-9-14-5-6-15(12-20)19-14;/h3-4,7-8,14-15,19H,1-2,5-6,9-12H2;1H. The van der Waals surface area contributed by atoms with Gasteiger partial charge in [0.25, 0.3) is 5.91 Å². The first-order valence-corrected chi connectivity index (χ1v) is 8.66. The zero-order valence-corrected chi connectivity index (χ0v) is 14.6. The van der Waals surface area contributed by atoms with Crippen LogP contribution in [0.1, 0.15) is 42.5 Å². The Morgan fingerprint density at radius 3 is 2.50 bits per heavy atom. The molecule has 0 saturated carbocycles. The van der Waals surface area contributed by atoms with Crippen LogP contribution < -0.4 is 10.2 Å². The van der Waals surface area contributed by atoms with Crippen LogP contribution in [0.5, 0.6) is 0 Å². The molecule has 3 saturated heterocycles. The number of halogens is 1. The van der Waals surface area contributed by atoms with Crippen molar-refractivity contribution in [2.24, 2.45) is 0 Å². The normalized spacial score (nSPS) is 26.2. The average Bonchev–Trinajstić information content (AvgIpc) is 3.12. The first-order chi connectivity index (χ1) is 11.2. The van der Waals surface area contributed by atoms with Crippen molar-refractivity contribution in [1.82, 2.24) is 10.2 Å². The minimum absolute atomic E-state index is 0. The summed E-state index contributed by atoms with van der Waals surface area (Å²) in [6, 6.07) is 8.56. The molecule has 0 spiro atoms. The van der Waals surface area contributed by atoms with Gasteiger partial charge < -0.3 is 15.1 Å². The van der Waals surface area contributed by atoms with Crippen molar-refractivity contribution < 1.29 is 9.59 Å². The molecule has 0 aromatic heterocycles. The Hall–Kier alpha value is -1.59. The van der Waals surface area contributed by atoms with Crippen molar-refractivity contribution in [3.8, 4) is 0 Å². The molecule has 6 heteroatoms. The third kappa shape index (κ3) is 3.28. The van der Waals surface area contributed by atoms with E-state index in [-0.39, 0.29) is 24.2 Å². The van der Waals surface area contributed by atoms with E-state index in [0.717, 1.165) is 43.7 Å². The van der Waals surface area contributed by atoms with Crippen molar-refractivity contribution >= 4 is 29.9 Å². The molecule has 1 aromatic rings. The van der Waals surface area contributed by atoms with E-state index in [1.54, 1.807) is 0 Å². The Balaban J connectivity index is 0.00000169. The summed E-state index contributed by atoms with van der Waals surface area (Å²) in [5, 5.41) is 3.60. The maximum atomic E-state index is 12.7. The minimum Gasteiger partial charge on any atom is -0.337 e. The van der Waals surface area contributed by atoms with E-state index in [4.69, 9.17) is 0 Å². The molecule has 0 radical (unpaired) electrons. The maximum Gasteiger partial charge on any atom is 0.253 e. The molecule has 5 nitrogen and oxygen atoms in total. The van der Waals surface area contributed by atoms with E-state index >= 15 is 0 Å². The molecule has 3 fully saturated rings. The third-order valence-corrected chi connectivity index (χ3v) is 5.31. The molecular formula is C18H24ClN3O2. The lowest BCUT2D eigenvalue weighted by Crippen LogP contribution is -2.39. The average molecular weight is 350 g/mol. The van der Waals surface area contributed by atoms with Crippen LogP contribution in [0.4, 0.5) is 5.69 Å². The van der Waals surface area contributed by atoms with Crippen molar-refractivity contribution in [2.45, 2.75) is 44.2 Å². The van der Waals surface area contributed by atoms with E-state index in [2.05, 4.69) is 5.32 Å². The summed E-state index contributed by atoms with van der Waals surface area (Å²) < 4.78 is 0. The summed E-state index contributed by atoms with van der Waals surface area (Å²) in [6.45, 7) is 2.42. The van der Waals surface area contributed by atoms with Gasteiger partial charge in [-0.05, 0) is 49.9 Å². The Labute approximate surface area is 148 Å². The minimum atomic E-state index is 0. The van der Waals surface area contributed by atoms with Gasteiger partial charge in [-0.3, -0.25) is 9.59 Å². The summed E-state index contributed by atoms with van der Waals surface area (Å²) >= 11 is 0. The van der Waals surface area contributed by atoms with Crippen LogP contribution in [0.25, 0.3) is 0 Å². The first kappa shape index (κ1) is 17.2.